The maximum Gasteiger partial charge on any atom is 0.408 e. The molecule has 1 aliphatic rings. The molecule has 0 radical (unpaired) electrons. The number of aromatic hydroxyl groups is 1. The van der Waals surface area contributed by atoms with Crippen LogP contribution in [0.2, 0.25) is 0 Å². The summed E-state index contributed by atoms with van der Waals surface area (Å²) in [4.78, 5) is 41.9. The zero-order valence-corrected chi connectivity index (χ0v) is 22.0. The highest BCUT2D eigenvalue weighted by Gasteiger charge is 2.39. The van der Waals surface area contributed by atoms with Crippen LogP contribution in [-0.4, -0.2) is 62.1 Å². The van der Waals surface area contributed by atoms with Crippen molar-refractivity contribution in [3.8, 4) is 5.75 Å². The topological polar surface area (TPSA) is 110 Å². The van der Waals surface area contributed by atoms with Crippen molar-refractivity contribution in [1.29, 1.82) is 0 Å². The number of aryl methyl sites for hydroxylation is 2. The van der Waals surface area contributed by atoms with Crippen LogP contribution in [0.1, 0.15) is 55.5 Å². The number of nitrogens with zero attached hydrogens (tertiary/aromatic N) is 2. The first-order valence-electron chi connectivity index (χ1n) is 12.3. The van der Waals surface area contributed by atoms with Crippen molar-refractivity contribution in [3.05, 3.63) is 64.2 Å². The number of carboxylic acid groups (broad SMARTS) is 1. The average molecular weight is 496 g/mol. The summed E-state index contributed by atoms with van der Waals surface area (Å²) in [7, 11) is 0. The number of benzene rings is 2. The number of amides is 3. The number of phenols is 1. The Morgan fingerprint density at radius 2 is 1.72 bits per heavy atom. The maximum absolute atomic E-state index is 13.6. The van der Waals surface area contributed by atoms with Gasteiger partial charge in [-0.15, -0.1) is 0 Å². The van der Waals surface area contributed by atoms with Crippen LogP contribution in [0, 0.1) is 13.8 Å². The molecule has 2 aromatic carbocycles. The van der Waals surface area contributed by atoms with E-state index in [1.54, 1.807) is 51.7 Å². The van der Waals surface area contributed by atoms with Gasteiger partial charge in [0.1, 0.15) is 17.8 Å². The van der Waals surface area contributed by atoms with E-state index in [4.69, 9.17) is 0 Å². The summed E-state index contributed by atoms with van der Waals surface area (Å²) in [5, 5.41) is 22.9. The molecule has 1 aliphatic heterocycles. The van der Waals surface area contributed by atoms with Gasteiger partial charge in [-0.2, -0.15) is 0 Å². The smallest absolute Gasteiger partial charge is 0.408 e. The number of hydrogen-bond acceptors (Lipinski definition) is 4. The highest BCUT2D eigenvalue weighted by atomic mass is 16.4. The molecule has 0 aliphatic carbocycles. The van der Waals surface area contributed by atoms with Gasteiger partial charge in [0.15, 0.2) is 0 Å². The van der Waals surface area contributed by atoms with Gasteiger partial charge >= 0.3 is 6.09 Å². The molecule has 0 fully saturated rings. The molecule has 3 amide bonds. The molecular weight excluding hydrogens is 458 g/mol. The molecule has 3 rings (SSSR count). The number of carbonyl (C=O) groups is 3. The summed E-state index contributed by atoms with van der Waals surface area (Å²) < 4.78 is 0. The largest absolute Gasteiger partial charge is 0.508 e. The Labute approximate surface area is 212 Å². The molecular formula is C28H37N3O5. The van der Waals surface area contributed by atoms with Crippen LogP contribution in [0.25, 0.3) is 0 Å². The van der Waals surface area contributed by atoms with Crippen LogP contribution in [0.4, 0.5) is 4.79 Å². The molecule has 8 heteroatoms. The second-order valence-electron chi connectivity index (χ2n) is 10.6. The Hall–Kier alpha value is -3.55. The van der Waals surface area contributed by atoms with Gasteiger partial charge in [0, 0.05) is 25.0 Å². The molecule has 2 atom stereocenters. The molecule has 0 saturated heterocycles. The molecule has 2 aromatic rings. The molecule has 0 bridgehead atoms. The standard InChI is InChI=1S/C28H37N3O5/c1-17-14-24(32)18(2)13-22(17)15-23(31(27(35)36)28(4,5)6)25(33)29-19(3)26(34)30-12-11-20-9-7-8-10-21(20)16-30/h7-10,13-14,19,23,32H,11-12,15-16H2,1-6H3,(H,29,33)(H,35,36)/t19-,23?/m1/s1. The van der Waals surface area contributed by atoms with E-state index in [0.717, 1.165) is 28.0 Å². The fourth-order valence-corrected chi connectivity index (χ4v) is 4.81. The van der Waals surface area contributed by atoms with E-state index in [-0.39, 0.29) is 18.1 Å². The number of nitrogens with one attached hydrogen (secondary N) is 1. The van der Waals surface area contributed by atoms with Crippen LogP contribution in [0.3, 0.4) is 0 Å². The van der Waals surface area contributed by atoms with Crippen molar-refractivity contribution in [2.75, 3.05) is 6.54 Å². The van der Waals surface area contributed by atoms with Gasteiger partial charge in [0.25, 0.3) is 0 Å². The lowest BCUT2D eigenvalue weighted by Crippen LogP contribution is -2.60. The number of rotatable bonds is 6. The van der Waals surface area contributed by atoms with E-state index in [0.29, 0.717) is 18.7 Å². The Balaban J connectivity index is 1.84. The Bertz CT molecular complexity index is 1150. The summed E-state index contributed by atoms with van der Waals surface area (Å²) in [5.41, 5.74) is 3.61. The van der Waals surface area contributed by atoms with Gasteiger partial charge in [-0.05, 0) is 81.8 Å². The fraction of sp³-hybridized carbons (Fsp3) is 0.464. The van der Waals surface area contributed by atoms with Gasteiger partial charge in [-0.3, -0.25) is 14.5 Å². The highest BCUT2D eigenvalue weighted by Crippen LogP contribution is 2.26. The number of hydrogen-bond donors (Lipinski definition) is 3. The minimum absolute atomic E-state index is 0.111. The monoisotopic (exact) mass is 495 g/mol. The van der Waals surface area contributed by atoms with Crippen molar-refractivity contribution in [2.45, 2.75) is 78.6 Å². The van der Waals surface area contributed by atoms with Gasteiger partial charge < -0.3 is 20.4 Å². The predicted molar refractivity (Wildman–Crippen MR) is 138 cm³/mol. The SMILES string of the molecule is Cc1cc(CC(C(=O)N[C@H](C)C(=O)N2CCc3ccccc3C2)N(C(=O)O)C(C)(C)C)c(C)cc1O. The summed E-state index contributed by atoms with van der Waals surface area (Å²) in [6, 6.07) is 9.50. The van der Waals surface area contributed by atoms with E-state index in [1.807, 2.05) is 25.1 Å². The lowest BCUT2D eigenvalue weighted by Gasteiger charge is -2.39. The second kappa shape index (κ2) is 10.6. The molecule has 0 saturated carbocycles. The molecule has 8 nitrogen and oxygen atoms in total. The first kappa shape index (κ1) is 27.0. The van der Waals surface area contributed by atoms with Crippen LogP contribution in [-0.2, 0) is 29.0 Å². The van der Waals surface area contributed by atoms with Crippen molar-refractivity contribution >= 4 is 17.9 Å². The minimum Gasteiger partial charge on any atom is -0.508 e. The van der Waals surface area contributed by atoms with E-state index < -0.39 is 29.6 Å². The predicted octanol–water partition coefficient (Wildman–Crippen LogP) is 3.79. The zero-order chi connectivity index (χ0) is 26.8. The first-order chi connectivity index (χ1) is 16.8. The Morgan fingerprint density at radius 1 is 1.08 bits per heavy atom. The normalized spacial score (nSPS) is 15.0. The van der Waals surface area contributed by atoms with Crippen LogP contribution < -0.4 is 5.32 Å². The number of phenolic OH excluding ortho intramolecular Hbond substituents is 1. The van der Waals surface area contributed by atoms with Crippen LogP contribution in [0.5, 0.6) is 5.75 Å². The first-order valence-corrected chi connectivity index (χ1v) is 12.3. The summed E-state index contributed by atoms with van der Waals surface area (Å²) >= 11 is 0. The fourth-order valence-electron chi connectivity index (χ4n) is 4.81. The number of carbonyl (C=O) groups excluding carboxylic acids is 2. The third-order valence-electron chi connectivity index (χ3n) is 6.78. The van der Waals surface area contributed by atoms with Crippen molar-refractivity contribution in [1.82, 2.24) is 15.1 Å². The molecule has 194 valence electrons. The minimum atomic E-state index is -1.22. The molecule has 0 spiro atoms. The second-order valence-corrected chi connectivity index (χ2v) is 10.6. The van der Waals surface area contributed by atoms with Crippen molar-refractivity contribution in [2.24, 2.45) is 0 Å². The quantitative estimate of drug-likeness (QED) is 0.565. The Morgan fingerprint density at radius 3 is 2.33 bits per heavy atom. The summed E-state index contributed by atoms with van der Waals surface area (Å²) in [6.07, 6.45) is -0.357. The van der Waals surface area contributed by atoms with E-state index in [1.165, 1.54) is 5.56 Å². The number of fused-ring (bicyclic) bond motifs is 1. The molecule has 36 heavy (non-hydrogen) atoms. The van der Waals surface area contributed by atoms with Gasteiger partial charge in [0.2, 0.25) is 11.8 Å². The van der Waals surface area contributed by atoms with Gasteiger partial charge in [-0.25, -0.2) is 4.79 Å². The van der Waals surface area contributed by atoms with Crippen LogP contribution >= 0.6 is 0 Å². The van der Waals surface area contributed by atoms with Crippen LogP contribution in [0.15, 0.2) is 36.4 Å². The maximum atomic E-state index is 13.6. The molecule has 1 heterocycles. The highest BCUT2D eigenvalue weighted by molar-refractivity contribution is 5.91. The third-order valence-corrected chi connectivity index (χ3v) is 6.78. The van der Waals surface area contributed by atoms with Gasteiger partial charge in [-0.1, -0.05) is 30.3 Å². The zero-order valence-electron chi connectivity index (χ0n) is 22.0. The van der Waals surface area contributed by atoms with E-state index >= 15 is 0 Å². The summed E-state index contributed by atoms with van der Waals surface area (Å²) in [5.74, 6) is -0.591. The lowest BCUT2D eigenvalue weighted by atomic mass is 9.94. The molecule has 3 N–H and O–H groups in total. The third kappa shape index (κ3) is 5.98. The summed E-state index contributed by atoms with van der Waals surface area (Å²) in [6.45, 7) is 11.4. The molecule has 0 aromatic heterocycles. The molecule has 1 unspecified atom stereocenters. The van der Waals surface area contributed by atoms with Gasteiger partial charge in [0.05, 0.1) is 0 Å². The Kier molecular flexibility index (Phi) is 7.96. The van der Waals surface area contributed by atoms with E-state index in [9.17, 15) is 24.6 Å². The van der Waals surface area contributed by atoms with Crippen molar-refractivity contribution in [3.63, 3.8) is 0 Å². The average Bonchev–Trinajstić information content (AvgIpc) is 2.79. The lowest BCUT2D eigenvalue weighted by molar-refractivity contribution is -0.138. The van der Waals surface area contributed by atoms with E-state index in [2.05, 4.69) is 11.4 Å². The van der Waals surface area contributed by atoms with Crippen molar-refractivity contribution < 1.29 is 24.6 Å².